The summed E-state index contributed by atoms with van der Waals surface area (Å²) in [5.41, 5.74) is 0.119. The minimum Gasteiger partial charge on any atom is -0.489 e. The lowest BCUT2D eigenvalue weighted by molar-refractivity contribution is -0.390. The van der Waals surface area contributed by atoms with Crippen molar-refractivity contribution in [2.24, 2.45) is 0 Å². The van der Waals surface area contributed by atoms with Crippen molar-refractivity contribution < 1.29 is 27.6 Å². The zero-order valence-corrected chi connectivity index (χ0v) is 8.74. The molecule has 0 aliphatic carbocycles. The minimum absolute atomic E-state index is 0.119. The molecule has 0 aliphatic rings. The van der Waals surface area contributed by atoms with E-state index in [1.807, 2.05) is 0 Å². The standard InChI is InChI=1S/C8H7F3N2O4/c1-4-3-5(13(14)15)12-7(6(4)16-2)17-8(9,10)11/h3H,1-2H3. The molecule has 9 heteroatoms. The van der Waals surface area contributed by atoms with Gasteiger partial charge in [-0.3, -0.25) is 0 Å². The first kappa shape index (κ1) is 13.0. The molecule has 0 unspecified atom stereocenters. The second-order valence-electron chi connectivity index (χ2n) is 2.94. The van der Waals surface area contributed by atoms with E-state index in [-0.39, 0.29) is 11.3 Å². The van der Waals surface area contributed by atoms with Crippen LogP contribution in [0.5, 0.6) is 11.6 Å². The van der Waals surface area contributed by atoms with Crippen molar-refractivity contribution in [2.45, 2.75) is 13.3 Å². The quantitative estimate of drug-likeness (QED) is 0.609. The lowest BCUT2D eigenvalue weighted by atomic mass is 10.2. The minimum atomic E-state index is -5.00. The second-order valence-corrected chi connectivity index (χ2v) is 2.94. The predicted molar refractivity (Wildman–Crippen MR) is 48.9 cm³/mol. The Morgan fingerprint density at radius 3 is 2.47 bits per heavy atom. The number of ether oxygens (including phenoxy) is 2. The van der Waals surface area contributed by atoms with Crippen LogP contribution >= 0.6 is 0 Å². The lowest BCUT2D eigenvalue weighted by Crippen LogP contribution is -2.19. The fourth-order valence-corrected chi connectivity index (χ4v) is 1.14. The summed E-state index contributed by atoms with van der Waals surface area (Å²) in [5, 5.41) is 10.4. The summed E-state index contributed by atoms with van der Waals surface area (Å²) in [5.74, 6) is -2.03. The van der Waals surface area contributed by atoms with Gasteiger partial charge < -0.3 is 19.6 Å². The Labute approximate surface area is 93.1 Å². The average Bonchev–Trinajstić information content (AvgIpc) is 2.14. The maximum absolute atomic E-state index is 12.0. The van der Waals surface area contributed by atoms with Crippen molar-refractivity contribution in [3.8, 4) is 11.6 Å². The van der Waals surface area contributed by atoms with Gasteiger partial charge in [0.25, 0.3) is 0 Å². The van der Waals surface area contributed by atoms with Crippen LogP contribution in [0.1, 0.15) is 5.56 Å². The fraction of sp³-hybridized carbons (Fsp3) is 0.375. The molecule has 0 bridgehead atoms. The van der Waals surface area contributed by atoms with Gasteiger partial charge >= 0.3 is 18.1 Å². The molecular formula is C8H7F3N2O4. The number of aryl methyl sites for hydroxylation is 1. The number of nitrogens with zero attached hydrogens (tertiary/aromatic N) is 2. The highest BCUT2D eigenvalue weighted by Crippen LogP contribution is 2.34. The number of pyridine rings is 1. The highest BCUT2D eigenvalue weighted by atomic mass is 19.4. The van der Waals surface area contributed by atoms with Gasteiger partial charge in [-0.05, 0) is 11.8 Å². The Morgan fingerprint density at radius 1 is 1.47 bits per heavy atom. The smallest absolute Gasteiger partial charge is 0.489 e. The molecule has 0 aromatic carbocycles. The van der Waals surface area contributed by atoms with Gasteiger partial charge in [0, 0.05) is 16.6 Å². The Morgan fingerprint density at radius 2 is 2.06 bits per heavy atom. The molecule has 0 radical (unpaired) electrons. The van der Waals surface area contributed by atoms with E-state index in [4.69, 9.17) is 0 Å². The van der Waals surface area contributed by atoms with Crippen LogP contribution in [0.2, 0.25) is 0 Å². The predicted octanol–water partition coefficient (Wildman–Crippen LogP) is 2.21. The summed E-state index contributed by atoms with van der Waals surface area (Å²) in [4.78, 5) is 12.6. The van der Waals surface area contributed by atoms with Crippen LogP contribution < -0.4 is 9.47 Å². The third-order valence-corrected chi connectivity index (χ3v) is 1.72. The van der Waals surface area contributed by atoms with Crippen LogP contribution in [0.4, 0.5) is 19.0 Å². The van der Waals surface area contributed by atoms with Crippen LogP contribution in [0.3, 0.4) is 0 Å². The first-order chi connectivity index (χ1) is 7.74. The van der Waals surface area contributed by atoms with E-state index in [0.29, 0.717) is 0 Å². The molecule has 6 nitrogen and oxygen atoms in total. The molecule has 1 rings (SSSR count). The summed E-state index contributed by atoms with van der Waals surface area (Å²) in [6.45, 7) is 1.34. The largest absolute Gasteiger partial charge is 0.575 e. The Kier molecular flexibility index (Phi) is 3.39. The molecule has 0 fully saturated rings. The van der Waals surface area contributed by atoms with Gasteiger partial charge in [0.2, 0.25) is 5.75 Å². The van der Waals surface area contributed by atoms with Crippen molar-refractivity contribution in [1.29, 1.82) is 0 Å². The van der Waals surface area contributed by atoms with Crippen molar-refractivity contribution >= 4 is 5.82 Å². The number of halogens is 3. The fourth-order valence-electron chi connectivity index (χ4n) is 1.14. The van der Waals surface area contributed by atoms with Gasteiger partial charge in [-0.2, -0.15) is 0 Å². The normalized spacial score (nSPS) is 11.1. The highest BCUT2D eigenvalue weighted by molar-refractivity contribution is 5.46. The molecular weight excluding hydrogens is 245 g/mol. The molecule has 0 aliphatic heterocycles. The van der Waals surface area contributed by atoms with Crippen LogP contribution in [0.15, 0.2) is 6.07 Å². The summed E-state index contributed by atoms with van der Waals surface area (Å²) >= 11 is 0. The Hall–Kier alpha value is -2.06. The van der Waals surface area contributed by atoms with Gasteiger partial charge in [0.15, 0.2) is 0 Å². The number of methoxy groups -OCH3 is 1. The highest BCUT2D eigenvalue weighted by Gasteiger charge is 2.36. The van der Waals surface area contributed by atoms with Crippen LogP contribution in [0.25, 0.3) is 0 Å². The summed E-state index contributed by atoms with van der Waals surface area (Å²) < 4.78 is 44.3. The van der Waals surface area contributed by atoms with Crippen LogP contribution in [-0.2, 0) is 0 Å². The zero-order valence-electron chi connectivity index (χ0n) is 8.74. The summed E-state index contributed by atoms with van der Waals surface area (Å²) in [7, 11) is 1.11. The third kappa shape index (κ3) is 3.20. The molecule has 0 saturated heterocycles. The SMILES string of the molecule is COc1c(C)cc([N+](=O)[O-])nc1OC(F)(F)F. The van der Waals surface area contributed by atoms with E-state index in [9.17, 15) is 23.3 Å². The number of aromatic nitrogens is 1. The molecule has 17 heavy (non-hydrogen) atoms. The molecule has 94 valence electrons. The van der Waals surface area contributed by atoms with Gasteiger partial charge in [-0.1, -0.05) is 0 Å². The Balaban J connectivity index is 3.29. The van der Waals surface area contributed by atoms with Crippen LogP contribution in [0, 0.1) is 17.0 Å². The lowest BCUT2D eigenvalue weighted by Gasteiger charge is -2.09. The number of nitro groups is 1. The third-order valence-electron chi connectivity index (χ3n) is 1.72. The van der Waals surface area contributed by atoms with Crippen molar-refractivity contribution in [1.82, 2.24) is 4.98 Å². The molecule has 0 amide bonds. The molecule has 1 aromatic heterocycles. The number of hydrogen-bond donors (Lipinski definition) is 0. The average molecular weight is 252 g/mol. The van der Waals surface area contributed by atoms with Gasteiger partial charge in [-0.25, -0.2) is 0 Å². The van der Waals surface area contributed by atoms with Crippen molar-refractivity contribution in [3.63, 3.8) is 0 Å². The van der Waals surface area contributed by atoms with E-state index < -0.39 is 23.0 Å². The monoisotopic (exact) mass is 252 g/mol. The van der Waals surface area contributed by atoms with Crippen molar-refractivity contribution in [3.05, 3.63) is 21.7 Å². The molecule has 0 spiro atoms. The summed E-state index contributed by atoms with van der Waals surface area (Å²) in [6, 6.07) is 0.988. The maximum Gasteiger partial charge on any atom is 0.575 e. The van der Waals surface area contributed by atoms with E-state index >= 15 is 0 Å². The van der Waals surface area contributed by atoms with E-state index in [1.54, 1.807) is 0 Å². The number of rotatable bonds is 3. The Bertz CT molecular complexity index is 447. The number of alkyl halides is 3. The van der Waals surface area contributed by atoms with Crippen LogP contribution in [-0.4, -0.2) is 23.4 Å². The first-order valence-electron chi connectivity index (χ1n) is 4.20. The van der Waals surface area contributed by atoms with E-state index in [0.717, 1.165) is 13.2 Å². The molecule has 1 heterocycles. The molecule has 1 aromatic rings. The van der Waals surface area contributed by atoms with Gasteiger partial charge in [0.1, 0.15) is 0 Å². The van der Waals surface area contributed by atoms with E-state index in [2.05, 4.69) is 14.5 Å². The topological polar surface area (TPSA) is 74.5 Å². The molecule has 0 atom stereocenters. The number of hydrogen-bond acceptors (Lipinski definition) is 5. The van der Waals surface area contributed by atoms with Gasteiger partial charge in [-0.15, -0.1) is 13.2 Å². The maximum atomic E-state index is 12.0. The zero-order chi connectivity index (χ0) is 13.2. The second kappa shape index (κ2) is 4.44. The van der Waals surface area contributed by atoms with Gasteiger partial charge in [0.05, 0.1) is 7.11 Å². The molecule has 0 N–H and O–H groups in total. The van der Waals surface area contributed by atoms with Crippen molar-refractivity contribution in [2.75, 3.05) is 7.11 Å². The van der Waals surface area contributed by atoms with E-state index in [1.165, 1.54) is 6.92 Å². The summed E-state index contributed by atoms with van der Waals surface area (Å²) in [6.07, 6.45) is -5.00. The molecule has 0 saturated carbocycles. The first-order valence-corrected chi connectivity index (χ1v) is 4.20.